The summed E-state index contributed by atoms with van der Waals surface area (Å²) in [5, 5.41) is 4.10. The molecule has 1 aromatic heterocycles. The first-order valence-corrected chi connectivity index (χ1v) is 8.48. The summed E-state index contributed by atoms with van der Waals surface area (Å²) < 4.78 is 18.6. The fourth-order valence-corrected chi connectivity index (χ4v) is 3.23. The standard InChI is InChI=1S/C20H18FN3O2/c1-12-3-4-13(2)17(9-12)19-22-20(26-23-19)14-10-18(25)24(11-14)16-7-5-15(21)6-8-16/h3-9,14H,10-11H2,1-2H3. The van der Waals surface area contributed by atoms with Gasteiger partial charge in [-0.3, -0.25) is 4.79 Å². The van der Waals surface area contributed by atoms with Crippen LogP contribution in [0.1, 0.15) is 29.4 Å². The molecule has 0 N–H and O–H groups in total. The zero-order chi connectivity index (χ0) is 18.3. The first-order valence-electron chi connectivity index (χ1n) is 8.48. The number of hydrogen-bond acceptors (Lipinski definition) is 4. The van der Waals surface area contributed by atoms with E-state index >= 15 is 0 Å². The van der Waals surface area contributed by atoms with Crippen LogP contribution in [0, 0.1) is 19.7 Å². The molecule has 5 nitrogen and oxygen atoms in total. The third kappa shape index (κ3) is 2.98. The van der Waals surface area contributed by atoms with Gasteiger partial charge in [0.15, 0.2) is 0 Å². The van der Waals surface area contributed by atoms with Crippen LogP contribution in [0.25, 0.3) is 11.4 Å². The van der Waals surface area contributed by atoms with Crippen LogP contribution in [-0.2, 0) is 4.79 Å². The van der Waals surface area contributed by atoms with E-state index in [0.717, 1.165) is 16.7 Å². The molecule has 2 heterocycles. The summed E-state index contributed by atoms with van der Waals surface area (Å²) in [6.07, 6.45) is 0.297. The SMILES string of the molecule is Cc1ccc(C)c(-c2noc(C3CC(=O)N(c4ccc(F)cc4)C3)n2)c1. The third-order valence-electron chi connectivity index (χ3n) is 4.69. The Morgan fingerprint density at radius 1 is 1.15 bits per heavy atom. The molecule has 1 fully saturated rings. The van der Waals surface area contributed by atoms with Crippen LogP contribution >= 0.6 is 0 Å². The van der Waals surface area contributed by atoms with Gasteiger partial charge >= 0.3 is 0 Å². The minimum Gasteiger partial charge on any atom is -0.339 e. The van der Waals surface area contributed by atoms with E-state index in [0.29, 0.717) is 30.4 Å². The lowest BCUT2D eigenvalue weighted by atomic mass is 10.1. The molecule has 1 aliphatic rings. The van der Waals surface area contributed by atoms with Crippen molar-refractivity contribution in [3.05, 3.63) is 65.3 Å². The molecule has 0 spiro atoms. The summed E-state index contributed by atoms with van der Waals surface area (Å²) in [6, 6.07) is 12.0. The molecule has 4 rings (SSSR count). The highest BCUT2D eigenvalue weighted by molar-refractivity contribution is 5.96. The van der Waals surface area contributed by atoms with Gasteiger partial charge < -0.3 is 9.42 Å². The Morgan fingerprint density at radius 2 is 1.92 bits per heavy atom. The number of amides is 1. The predicted molar refractivity (Wildman–Crippen MR) is 95.3 cm³/mol. The van der Waals surface area contributed by atoms with Gasteiger partial charge in [-0.05, 0) is 49.7 Å². The van der Waals surface area contributed by atoms with Crippen molar-refractivity contribution >= 4 is 11.6 Å². The van der Waals surface area contributed by atoms with Crippen molar-refractivity contribution in [1.29, 1.82) is 0 Å². The van der Waals surface area contributed by atoms with Crippen LogP contribution in [0.4, 0.5) is 10.1 Å². The number of anilines is 1. The molecule has 0 radical (unpaired) electrons. The van der Waals surface area contributed by atoms with Gasteiger partial charge in [-0.2, -0.15) is 4.98 Å². The highest BCUT2D eigenvalue weighted by Crippen LogP contribution is 2.32. The number of benzene rings is 2. The zero-order valence-electron chi connectivity index (χ0n) is 14.6. The fraction of sp³-hybridized carbons (Fsp3) is 0.250. The van der Waals surface area contributed by atoms with Crippen molar-refractivity contribution in [3.8, 4) is 11.4 Å². The largest absolute Gasteiger partial charge is 0.339 e. The maximum Gasteiger partial charge on any atom is 0.232 e. The monoisotopic (exact) mass is 351 g/mol. The van der Waals surface area contributed by atoms with E-state index in [1.165, 1.54) is 12.1 Å². The molecule has 0 saturated carbocycles. The second kappa shape index (κ2) is 6.37. The maximum atomic E-state index is 13.1. The molecular weight excluding hydrogens is 333 g/mol. The quantitative estimate of drug-likeness (QED) is 0.715. The van der Waals surface area contributed by atoms with Crippen LogP contribution in [0.3, 0.4) is 0 Å². The summed E-state index contributed by atoms with van der Waals surface area (Å²) in [5.41, 5.74) is 3.79. The van der Waals surface area contributed by atoms with Crippen LogP contribution in [0.15, 0.2) is 47.0 Å². The first kappa shape index (κ1) is 16.4. The molecule has 3 aromatic rings. The van der Waals surface area contributed by atoms with Crippen molar-refractivity contribution in [3.63, 3.8) is 0 Å². The van der Waals surface area contributed by atoms with Crippen molar-refractivity contribution < 1.29 is 13.7 Å². The molecule has 1 atom stereocenters. The molecule has 1 unspecified atom stereocenters. The van der Waals surface area contributed by atoms with E-state index in [1.54, 1.807) is 17.0 Å². The van der Waals surface area contributed by atoms with Crippen molar-refractivity contribution in [1.82, 2.24) is 10.1 Å². The van der Waals surface area contributed by atoms with E-state index in [1.807, 2.05) is 32.0 Å². The summed E-state index contributed by atoms with van der Waals surface area (Å²) in [7, 11) is 0. The minimum absolute atomic E-state index is 0.0342. The highest BCUT2D eigenvalue weighted by atomic mass is 19.1. The van der Waals surface area contributed by atoms with Gasteiger partial charge in [-0.25, -0.2) is 4.39 Å². The number of nitrogens with zero attached hydrogens (tertiary/aromatic N) is 3. The Bertz CT molecular complexity index is 965. The van der Waals surface area contributed by atoms with E-state index in [-0.39, 0.29) is 17.6 Å². The molecule has 0 aliphatic carbocycles. The average molecular weight is 351 g/mol. The molecular formula is C20H18FN3O2. The molecule has 1 saturated heterocycles. The highest BCUT2D eigenvalue weighted by Gasteiger charge is 2.35. The topological polar surface area (TPSA) is 59.2 Å². The summed E-state index contributed by atoms with van der Waals surface area (Å²) >= 11 is 0. The third-order valence-corrected chi connectivity index (χ3v) is 4.69. The number of carbonyl (C=O) groups is 1. The Balaban J connectivity index is 1.58. The molecule has 132 valence electrons. The molecule has 1 aliphatic heterocycles. The Labute approximate surface area is 150 Å². The van der Waals surface area contributed by atoms with Crippen LogP contribution in [0.5, 0.6) is 0 Å². The fourth-order valence-electron chi connectivity index (χ4n) is 3.23. The Kier molecular flexibility index (Phi) is 4.03. The molecule has 2 aromatic carbocycles. The van der Waals surface area contributed by atoms with Gasteiger partial charge in [0.2, 0.25) is 17.6 Å². The summed E-state index contributed by atoms with van der Waals surface area (Å²) in [5.74, 6) is 0.465. The van der Waals surface area contributed by atoms with E-state index in [2.05, 4.69) is 10.1 Å². The van der Waals surface area contributed by atoms with Gasteiger partial charge in [-0.1, -0.05) is 22.9 Å². The number of halogens is 1. The van der Waals surface area contributed by atoms with E-state index in [9.17, 15) is 9.18 Å². The van der Waals surface area contributed by atoms with Gasteiger partial charge in [0, 0.05) is 24.2 Å². The molecule has 6 heteroatoms. The number of aromatic nitrogens is 2. The Morgan fingerprint density at radius 3 is 2.69 bits per heavy atom. The maximum absolute atomic E-state index is 13.1. The number of aryl methyl sites for hydroxylation is 2. The van der Waals surface area contributed by atoms with Crippen molar-refractivity contribution in [2.24, 2.45) is 0 Å². The summed E-state index contributed by atoms with van der Waals surface area (Å²) in [6.45, 7) is 4.46. The smallest absolute Gasteiger partial charge is 0.232 e. The molecule has 1 amide bonds. The van der Waals surface area contributed by atoms with Gasteiger partial charge in [0.05, 0.1) is 5.92 Å². The lowest BCUT2D eigenvalue weighted by Gasteiger charge is -2.15. The average Bonchev–Trinajstić information content (AvgIpc) is 3.25. The van der Waals surface area contributed by atoms with Crippen LogP contribution in [0.2, 0.25) is 0 Å². The molecule has 26 heavy (non-hydrogen) atoms. The van der Waals surface area contributed by atoms with Crippen molar-refractivity contribution in [2.45, 2.75) is 26.2 Å². The van der Waals surface area contributed by atoms with E-state index in [4.69, 9.17) is 4.52 Å². The lowest BCUT2D eigenvalue weighted by Crippen LogP contribution is -2.24. The zero-order valence-corrected chi connectivity index (χ0v) is 14.6. The summed E-state index contributed by atoms with van der Waals surface area (Å²) in [4.78, 5) is 18.5. The Hall–Kier alpha value is -3.02. The van der Waals surface area contributed by atoms with Crippen LogP contribution in [-0.4, -0.2) is 22.6 Å². The normalized spacial score (nSPS) is 17.1. The second-order valence-corrected chi connectivity index (χ2v) is 6.66. The van der Waals surface area contributed by atoms with E-state index < -0.39 is 0 Å². The predicted octanol–water partition coefficient (Wildman–Crippen LogP) is 4.01. The number of rotatable bonds is 3. The second-order valence-electron chi connectivity index (χ2n) is 6.66. The van der Waals surface area contributed by atoms with Gasteiger partial charge in [-0.15, -0.1) is 0 Å². The number of carbonyl (C=O) groups excluding carboxylic acids is 1. The van der Waals surface area contributed by atoms with Crippen LogP contribution < -0.4 is 4.90 Å². The minimum atomic E-state index is -0.327. The van der Waals surface area contributed by atoms with Gasteiger partial charge in [0.1, 0.15) is 5.82 Å². The lowest BCUT2D eigenvalue weighted by molar-refractivity contribution is -0.117. The van der Waals surface area contributed by atoms with Crippen molar-refractivity contribution in [2.75, 3.05) is 11.4 Å². The molecule has 0 bridgehead atoms. The number of hydrogen-bond donors (Lipinski definition) is 0. The van der Waals surface area contributed by atoms with Gasteiger partial charge in [0.25, 0.3) is 0 Å². The first-order chi connectivity index (χ1) is 12.5.